The molecule has 2 heteroatoms. The van der Waals surface area contributed by atoms with Crippen molar-refractivity contribution < 1.29 is 4.74 Å². The third kappa shape index (κ3) is 3.53. The van der Waals surface area contributed by atoms with E-state index in [1.165, 1.54) is 31.2 Å². The molecule has 1 atom stereocenters. The Labute approximate surface area is 99.0 Å². The maximum absolute atomic E-state index is 5.39. The Morgan fingerprint density at radius 1 is 1.25 bits per heavy atom. The van der Waals surface area contributed by atoms with Crippen LogP contribution in [0.3, 0.4) is 0 Å². The van der Waals surface area contributed by atoms with Gasteiger partial charge in [0.1, 0.15) is 5.75 Å². The van der Waals surface area contributed by atoms with E-state index in [0.717, 1.165) is 5.75 Å². The predicted octanol–water partition coefficient (Wildman–Crippen LogP) is 3.54. The maximum Gasteiger partial charge on any atom is 0.123 e. The molecular formula is C14H23NO. The minimum Gasteiger partial charge on any atom is -0.496 e. The van der Waals surface area contributed by atoms with Crippen molar-refractivity contribution in [2.24, 2.45) is 0 Å². The van der Waals surface area contributed by atoms with Crippen LogP contribution in [0.4, 0.5) is 0 Å². The van der Waals surface area contributed by atoms with Crippen molar-refractivity contribution in [1.29, 1.82) is 0 Å². The summed E-state index contributed by atoms with van der Waals surface area (Å²) in [7, 11) is 3.75. The summed E-state index contributed by atoms with van der Waals surface area (Å²) in [4.78, 5) is 0. The lowest BCUT2D eigenvalue weighted by Gasteiger charge is -2.19. The molecule has 0 radical (unpaired) electrons. The molecule has 90 valence electrons. The van der Waals surface area contributed by atoms with Gasteiger partial charge in [0.15, 0.2) is 0 Å². The predicted molar refractivity (Wildman–Crippen MR) is 68.9 cm³/mol. The molecule has 0 aliphatic heterocycles. The van der Waals surface area contributed by atoms with Crippen molar-refractivity contribution in [3.8, 4) is 5.75 Å². The highest BCUT2D eigenvalue weighted by Crippen LogP contribution is 2.27. The third-order valence-electron chi connectivity index (χ3n) is 2.96. The van der Waals surface area contributed by atoms with Gasteiger partial charge in [-0.2, -0.15) is 0 Å². The number of methoxy groups -OCH3 is 1. The Kier molecular flexibility index (Phi) is 5.94. The fourth-order valence-corrected chi connectivity index (χ4v) is 2.01. The van der Waals surface area contributed by atoms with Gasteiger partial charge in [0.25, 0.3) is 0 Å². The summed E-state index contributed by atoms with van der Waals surface area (Å²) in [5.41, 5.74) is 1.27. The average molecular weight is 221 g/mol. The normalized spacial score (nSPS) is 12.4. The van der Waals surface area contributed by atoms with Crippen LogP contribution in [-0.4, -0.2) is 14.2 Å². The first-order chi connectivity index (χ1) is 7.83. The Hall–Kier alpha value is -1.02. The van der Waals surface area contributed by atoms with Crippen molar-refractivity contribution in [2.75, 3.05) is 14.2 Å². The molecule has 1 aromatic carbocycles. The largest absolute Gasteiger partial charge is 0.496 e. The number of ether oxygens (including phenoxy) is 1. The molecule has 0 bridgehead atoms. The smallest absolute Gasteiger partial charge is 0.123 e. The first kappa shape index (κ1) is 13.0. The fourth-order valence-electron chi connectivity index (χ4n) is 2.01. The van der Waals surface area contributed by atoms with Crippen LogP contribution < -0.4 is 10.1 Å². The lowest BCUT2D eigenvalue weighted by molar-refractivity contribution is 0.396. The van der Waals surface area contributed by atoms with Gasteiger partial charge in [-0.25, -0.2) is 0 Å². The molecule has 0 saturated carbocycles. The van der Waals surface area contributed by atoms with E-state index < -0.39 is 0 Å². The molecule has 0 aromatic heterocycles. The Bertz CT molecular complexity index is 299. The van der Waals surface area contributed by atoms with E-state index in [9.17, 15) is 0 Å². The molecule has 2 nitrogen and oxygen atoms in total. The van der Waals surface area contributed by atoms with Crippen LogP contribution in [0.25, 0.3) is 0 Å². The number of benzene rings is 1. The summed E-state index contributed by atoms with van der Waals surface area (Å²) in [6.07, 6.45) is 5.00. The van der Waals surface area contributed by atoms with Gasteiger partial charge in [-0.15, -0.1) is 0 Å². The van der Waals surface area contributed by atoms with Crippen LogP contribution >= 0.6 is 0 Å². The highest BCUT2D eigenvalue weighted by Gasteiger charge is 2.12. The Morgan fingerprint density at radius 2 is 2.00 bits per heavy atom. The molecule has 1 N–H and O–H groups in total. The molecule has 0 heterocycles. The van der Waals surface area contributed by atoms with Crippen LogP contribution in [-0.2, 0) is 0 Å². The SMILES string of the molecule is CCCCCC(NC)c1ccccc1OC. The van der Waals surface area contributed by atoms with Gasteiger partial charge in [-0.1, -0.05) is 44.4 Å². The maximum atomic E-state index is 5.39. The van der Waals surface area contributed by atoms with Crippen LogP contribution in [0.5, 0.6) is 5.75 Å². The standard InChI is InChI=1S/C14H23NO/c1-4-5-6-10-13(15-2)12-9-7-8-11-14(12)16-3/h7-9,11,13,15H,4-6,10H2,1-3H3. The minimum atomic E-state index is 0.405. The summed E-state index contributed by atoms with van der Waals surface area (Å²) >= 11 is 0. The zero-order valence-corrected chi connectivity index (χ0v) is 10.6. The Morgan fingerprint density at radius 3 is 2.62 bits per heavy atom. The van der Waals surface area contributed by atoms with Crippen molar-refractivity contribution in [3.05, 3.63) is 29.8 Å². The monoisotopic (exact) mass is 221 g/mol. The number of unbranched alkanes of at least 4 members (excludes halogenated alkanes) is 2. The first-order valence-corrected chi connectivity index (χ1v) is 6.13. The molecule has 0 spiro atoms. The van der Waals surface area contributed by atoms with E-state index in [-0.39, 0.29) is 0 Å². The fraction of sp³-hybridized carbons (Fsp3) is 0.571. The quantitative estimate of drug-likeness (QED) is 0.711. The summed E-state index contributed by atoms with van der Waals surface area (Å²) in [5, 5.41) is 3.37. The molecule has 16 heavy (non-hydrogen) atoms. The van der Waals surface area contributed by atoms with Gasteiger partial charge in [0, 0.05) is 11.6 Å². The molecule has 0 aliphatic rings. The molecule has 0 amide bonds. The number of hydrogen-bond acceptors (Lipinski definition) is 2. The van der Waals surface area contributed by atoms with E-state index in [1.807, 2.05) is 19.2 Å². The molecular weight excluding hydrogens is 198 g/mol. The second-order valence-electron chi connectivity index (χ2n) is 4.08. The first-order valence-electron chi connectivity index (χ1n) is 6.13. The number of hydrogen-bond donors (Lipinski definition) is 1. The van der Waals surface area contributed by atoms with Gasteiger partial charge >= 0.3 is 0 Å². The van der Waals surface area contributed by atoms with Gasteiger partial charge < -0.3 is 10.1 Å². The number of nitrogens with one attached hydrogen (secondary N) is 1. The van der Waals surface area contributed by atoms with E-state index in [2.05, 4.69) is 24.4 Å². The summed E-state index contributed by atoms with van der Waals surface area (Å²) in [6, 6.07) is 8.66. The average Bonchev–Trinajstić information content (AvgIpc) is 2.35. The summed E-state index contributed by atoms with van der Waals surface area (Å²) in [5.74, 6) is 0.985. The zero-order valence-electron chi connectivity index (χ0n) is 10.6. The molecule has 1 aromatic rings. The highest BCUT2D eigenvalue weighted by molar-refractivity contribution is 5.35. The van der Waals surface area contributed by atoms with Gasteiger partial charge in [-0.05, 0) is 19.5 Å². The summed E-state index contributed by atoms with van der Waals surface area (Å²) in [6.45, 7) is 2.23. The van der Waals surface area contributed by atoms with Gasteiger partial charge in [-0.3, -0.25) is 0 Å². The van der Waals surface area contributed by atoms with E-state index >= 15 is 0 Å². The number of rotatable bonds is 7. The lowest BCUT2D eigenvalue weighted by Crippen LogP contribution is -2.17. The van der Waals surface area contributed by atoms with E-state index in [0.29, 0.717) is 6.04 Å². The van der Waals surface area contributed by atoms with Crippen LogP contribution in [0, 0.1) is 0 Å². The second kappa shape index (κ2) is 7.29. The van der Waals surface area contributed by atoms with Crippen LogP contribution in [0.2, 0.25) is 0 Å². The van der Waals surface area contributed by atoms with E-state index in [4.69, 9.17) is 4.74 Å². The van der Waals surface area contributed by atoms with Crippen molar-refractivity contribution in [1.82, 2.24) is 5.32 Å². The van der Waals surface area contributed by atoms with Crippen LogP contribution in [0.1, 0.15) is 44.2 Å². The van der Waals surface area contributed by atoms with Crippen LogP contribution in [0.15, 0.2) is 24.3 Å². The van der Waals surface area contributed by atoms with E-state index in [1.54, 1.807) is 7.11 Å². The molecule has 0 fully saturated rings. The van der Waals surface area contributed by atoms with Crippen molar-refractivity contribution in [3.63, 3.8) is 0 Å². The topological polar surface area (TPSA) is 21.3 Å². The lowest BCUT2D eigenvalue weighted by atomic mass is 10.00. The highest BCUT2D eigenvalue weighted by atomic mass is 16.5. The van der Waals surface area contributed by atoms with Crippen molar-refractivity contribution >= 4 is 0 Å². The third-order valence-corrected chi connectivity index (χ3v) is 2.96. The molecule has 1 rings (SSSR count). The van der Waals surface area contributed by atoms with Crippen molar-refractivity contribution in [2.45, 2.75) is 38.6 Å². The zero-order chi connectivity index (χ0) is 11.8. The summed E-state index contributed by atoms with van der Waals surface area (Å²) < 4.78 is 5.39. The number of para-hydroxylation sites is 1. The minimum absolute atomic E-state index is 0.405. The molecule has 1 unspecified atom stereocenters. The second-order valence-corrected chi connectivity index (χ2v) is 4.08. The Balaban J connectivity index is 2.69. The van der Waals surface area contributed by atoms with Gasteiger partial charge in [0.05, 0.1) is 7.11 Å². The molecule has 0 saturated heterocycles. The van der Waals surface area contributed by atoms with Gasteiger partial charge in [0.2, 0.25) is 0 Å². The molecule has 0 aliphatic carbocycles.